The highest BCUT2D eigenvalue weighted by Crippen LogP contribution is 2.23. The topological polar surface area (TPSA) is 92.7 Å². The second-order valence-electron chi connectivity index (χ2n) is 5.27. The Morgan fingerprint density at radius 1 is 1.48 bits per heavy atom. The summed E-state index contributed by atoms with van der Waals surface area (Å²) in [4.78, 5) is 11.1. The number of nitrogens with one attached hydrogen (secondary N) is 1. The number of sulfonamides is 1. The highest BCUT2D eigenvalue weighted by molar-refractivity contribution is 14.1. The van der Waals surface area contributed by atoms with Crippen LogP contribution in [0.2, 0.25) is 0 Å². The highest BCUT2D eigenvalue weighted by atomic mass is 127. The van der Waals surface area contributed by atoms with E-state index in [9.17, 15) is 13.2 Å². The van der Waals surface area contributed by atoms with Crippen LogP contribution in [0.5, 0.6) is 0 Å². The summed E-state index contributed by atoms with van der Waals surface area (Å²) in [5.41, 5.74) is -0.688. The fourth-order valence-corrected chi connectivity index (χ4v) is 4.25. The largest absolute Gasteiger partial charge is 0.478 e. The van der Waals surface area contributed by atoms with Gasteiger partial charge in [0.1, 0.15) is 0 Å². The van der Waals surface area contributed by atoms with Crippen LogP contribution in [-0.4, -0.2) is 38.2 Å². The minimum Gasteiger partial charge on any atom is -0.478 e. The van der Waals surface area contributed by atoms with E-state index in [2.05, 4.69) is 4.72 Å². The molecule has 1 aliphatic heterocycles. The summed E-state index contributed by atoms with van der Waals surface area (Å²) in [6.07, 6.45) is 1.47. The van der Waals surface area contributed by atoms with Crippen LogP contribution in [0, 0.1) is 3.57 Å². The van der Waals surface area contributed by atoms with Gasteiger partial charge in [-0.1, -0.05) is 0 Å². The van der Waals surface area contributed by atoms with Crippen molar-refractivity contribution in [1.82, 2.24) is 4.72 Å². The first-order valence-electron chi connectivity index (χ1n) is 6.38. The molecule has 0 aliphatic carbocycles. The second-order valence-corrected chi connectivity index (χ2v) is 8.11. The maximum Gasteiger partial charge on any atom is 0.336 e. The first kappa shape index (κ1) is 16.7. The highest BCUT2D eigenvalue weighted by Gasteiger charge is 2.33. The van der Waals surface area contributed by atoms with Gasteiger partial charge in [-0.2, -0.15) is 0 Å². The van der Waals surface area contributed by atoms with Gasteiger partial charge in [-0.15, -0.1) is 0 Å². The van der Waals surface area contributed by atoms with E-state index in [1.54, 1.807) is 6.92 Å². The molecule has 1 aliphatic rings. The SMILES string of the molecule is CC1(NS(=O)(=O)c2ccc(I)c(C(=O)O)c2)CCCOC1. The molecular formula is C13H16INO5S. The molecule has 0 radical (unpaired) electrons. The molecule has 1 fully saturated rings. The number of ether oxygens (including phenoxy) is 1. The summed E-state index contributed by atoms with van der Waals surface area (Å²) in [6.45, 7) is 2.72. The van der Waals surface area contributed by atoms with E-state index in [1.807, 2.05) is 22.6 Å². The van der Waals surface area contributed by atoms with Gasteiger partial charge in [-0.25, -0.2) is 17.9 Å². The minimum absolute atomic E-state index is 0.0245. The molecule has 1 aromatic carbocycles. The van der Waals surface area contributed by atoms with Gasteiger partial charge in [0.25, 0.3) is 0 Å². The number of benzene rings is 1. The monoisotopic (exact) mass is 425 g/mol. The van der Waals surface area contributed by atoms with Crippen LogP contribution >= 0.6 is 22.6 Å². The third kappa shape index (κ3) is 3.93. The summed E-state index contributed by atoms with van der Waals surface area (Å²) < 4.78 is 33.3. The average Bonchev–Trinajstić information content (AvgIpc) is 2.38. The molecule has 1 heterocycles. The lowest BCUT2D eigenvalue weighted by Crippen LogP contribution is -2.51. The minimum atomic E-state index is -3.79. The third-order valence-corrected chi connectivity index (χ3v) is 5.87. The second kappa shape index (κ2) is 6.19. The van der Waals surface area contributed by atoms with Gasteiger partial charge >= 0.3 is 5.97 Å². The van der Waals surface area contributed by atoms with Gasteiger partial charge < -0.3 is 9.84 Å². The van der Waals surface area contributed by atoms with Crippen molar-refractivity contribution >= 4 is 38.6 Å². The lowest BCUT2D eigenvalue weighted by atomic mass is 9.97. The Kier molecular flexibility index (Phi) is 4.91. The molecule has 0 saturated carbocycles. The molecular weight excluding hydrogens is 409 g/mol. The van der Waals surface area contributed by atoms with E-state index >= 15 is 0 Å². The average molecular weight is 425 g/mol. The Morgan fingerprint density at radius 3 is 2.76 bits per heavy atom. The molecule has 6 nitrogen and oxygen atoms in total. The van der Waals surface area contributed by atoms with Crippen molar-refractivity contribution in [2.24, 2.45) is 0 Å². The molecule has 0 bridgehead atoms. The Morgan fingerprint density at radius 2 is 2.19 bits per heavy atom. The predicted molar refractivity (Wildman–Crippen MR) is 84.9 cm³/mol. The van der Waals surface area contributed by atoms with E-state index in [-0.39, 0.29) is 10.5 Å². The molecule has 2 N–H and O–H groups in total. The van der Waals surface area contributed by atoms with Crippen molar-refractivity contribution in [3.05, 3.63) is 27.3 Å². The van der Waals surface area contributed by atoms with E-state index < -0.39 is 21.5 Å². The number of halogens is 1. The zero-order chi connectivity index (χ0) is 15.7. The summed E-state index contributed by atoms with van der Waals surface area (Å²) in [5, 5.41) is 9.09. The number of aromatic carboxylic acids is 1. The van der Waals surface area contributed by atoms with Crippen LogP contribution in [0.25, 0.3) is 0 Å². The van der Waals surface area contributed by atoms with Gasteiger partial charge in [0.05, 0.1) is 22.6 Å². The number of carbonyl (C=O) groups is 1. The molecule has 0 spiro atoms. The van der Waals surface area contributed by atoms with Crippen LogP contribution in [0.3, 0.4) is 0 Å². The van der Waals surface area contributed by atoms with Crippen LogP contribution < -0.4 is 4.72 Å². The van der Waals surface area contributed by atoms with Crippen LogP contribution in [0.15, 0.2) is 23.1 Å². The molecule has 1 unspecified atom stereocenters. The summed E-state index contributed by atoms with van der Waals surface area (Å²) in [6, 6.07) is 4.07. The molecule has 2 rings (SSSR count). The summed E-state index contributed by atoms with van der Waals surface area (Å²) in [5.74, 6) is -1.15. The molecule has 1 atom stereocenters. The molecule has 0 aromatic heterocycles. The van der Waals surface area contributed by atoms with Crippen molar-refractivity contribution in [3.8, 4) is 0 Å². The quantitative estimate of drug-likeness (QED) is 0.719. The summed E-state index contributed by atoms with van der Waals surface area (Å²) in [7, 11) is -3.79. The molecule has 1 saturated heterocycles. The maximum atomic E-state index is 12.4. The third-order valence-electron chi connectivity index (χ3n) is 3.30. The van der Waals surface area contributed by atoms with E-state index in [1.165, 1.54) is 18.2 Å². The molecule has 1 aromatic rings. The Labute approximate surface area is 137 Å². The van der Waals surface area contributed by atoms with Crippen molar-refractivity contribution in [2.75, 3.05) is 13.2 Å². The standard InChI is InChI=1S/C13H16INO5S/c1-13(5-2-6-20-8-13)15-21(18,19)9-3-4-11(14)10(7-9)12(16)17/h3-4,7,15H,2,5-6,8H2,1H3,(H,16,17). The van der Waals surface area contributed by atoms with Gasteiger partial charge in [-0.05, 0) is 60.6 Å². The van der Waals surface area contributed by atoms with E-state index in [0.29, 0.717) is 23.2 Å². The van der Waals surface area contributed by atoms with Crippen LogP contribution in [0.1, 0.15) is 30.1 Å². The first-order valence-corrected chi connectivity index (χ1v) is 8.94. The molecule has 0 amide bonds. The summed E-state index contributed by atoms with van der Waals surface area (Å²) >= 11 is 1.86. The number of rotatable bonds is 4. The molecule has 8 heteroatoms. The van der Waals surface area contributed by atoms with Gasteiger partial charge in [0, 0.05) is 10.2 Å². The maximum absolute atomic E-state index is 12.4. The Bertz CT molecular complexity index is 653. The number of hydrogen-bond donors (Lipinski definition) is 2. The van der Waals surface area contributed by atoms with Gasteiger partial charge in [-0.3, -0.25) is 0 Å². The van der Waals surface area contributed by atoms with Crippen molar-refractivity contribution < 1.29 is 23.1 Å². The molecule has 116 valence electrons. The smallest absolute Gasteiger partial charge is 0.336 e. The zero-order valence-corrected chi connectivity index (χ0v) is 14.4. The Hall–Kier alpha value is -0.710. The normalized spacial score (nSPS) is 23.0. The van der Waals surface area contributed by atoms with E-state index in [0.717, 1.165) is 6.42 Å². The number of hydrogen-bond acceptors (Lipinski definition) is 4. The van der Waals surface area contributed by atoms with Crippen molar-refractivity contribution in [3.63, 3.8) is 0 Å². The number of carboxylic acid groups (broad SMARTS) is 1. The van der Waals surface area contributed by atoms with Gasteiger partial charge in [0.15, 0.2) is 0 Å². The lowest BCUT2D eigenvalue weighted by Gasteiger charge is -2.33. The van der Waals surface area contributed by atoms with Crippen molar-refractivity contribution in [1.29, 1.82) is 0 Å². The Balaban J connectivity index is 2.31. The zero-order valence-electron chi connectivity index (χ0n) is 11.4. The van der Waals surface area contributed by atoms with Crippen LogP contribution in [-0.2, 0) is 14.8 Å². The van der Waals surface area contributed by atoms with Crippen LogP contribution in [0.4, 0.5) is 0 Å². The fourth-order valence-electron chi connectivity index (χ4n) is 2.23. The lowest BCUT2D eigenvalue weighted by molar-refractivity contribution is 0.0386. The first-order chi connectivity index (χ1) is 9.73. The van der Waals surface area contributed by atoms with E-state index in [4.69, 9.17) is 9.84 Å². The van der Waals surface area contributed by atoms with Crippen molar-refractivity contribution in [2.45, 2.75) is 30.2 Å². The molecule has 21 heavy (non-hydrogen) atoms. The van der Waals surface area contributed by atoms with Gasteiger partial charge in [0.2, 0.25) is 10.0 Å². The fraction of sp³-hybridized carbons (Fsp3) is 0.462. The predicted octanol–water partition coefficient (Wildman–Crippen LogP) is 1.84. The number of carboxylic acids is 1.